The molecule has 26 heavy (non-hydrogen) atoms. The first kappa shape index (κ1) is 20.0. The molecule has 1 aliphatic heterocycles. The highest BCUT2D eigenvalue weighted by Gasteiger charge is 2.42. The molecule has 0 aromatic heterocycles. The molecule has 2 rings (SSSR count). The maximum atomic E-state index is 13.1. The molecular weight excluding hydrogens is 334 g/mol. The minimum atomic E-state index is -0.763. The second-order valence-corrected chi connectivity index (χ2v) is 7.79. The Hall–Kier alpha value is -2.31. The summed E-state index contributed by atoms with van der Waals surface area (Å²) in [4.78, 5) is 39.1. The summed E-state index contributed by atoms with van der Waals surface area (Å²) in [7, 11) is 1.26. The van der Waals surface area contributed by atoms with E-state index in [1.54, 1.807) is 4.90 Å². The van der Waals surface area contributed by atoms with Gasteiger partial charge < -0.3 is 20.3 Å². The zero-order valence-corrected chi connectivity index (χ0v) is 16.0. The summed E-state index contributed by atoms with van der Waals surface area (Å²) in [5.74, 6) is -0.397. The van der Waals surface area contributed by atoms with Gasteiger partial charge in [-0.25, -0.2) is 4.79 Å². The van der Waals surface area contributed by atoms with E-state index in [-0.39, 0.29) is 17.9 Å². The Morgan fingerprint density at radius 2 is 1.96 bits per heavy atom. The van der Waals surface area contributed by atoms with Gasteiger partial charge in [-0.1, -0.05) is 45.1 Å². The van der Waals surface area contributed by atoms with Crippen LogP contribution in [0.1, 0.15) is 40.0 Å². The smallest absolute Gasteiger partial charge is 0.407 e. The molecule has 2 N–H and O–H groups in total. The van der Waals surface area contributed by atoms with Crippen molar-refractivity contribution in [2.24, 2.45) is 5.41 Å². The van der Waals surface area contributed by atoms with E-state index in [1.165, 1.54) is 7.11 Å². The van der Waals surface area contributed by atoms with Gasteiger partial charge >= 0.3 is 6.09 Å². The summed E-state index contributed by atoms with van der Waals surface area (Å²) < 4.78 is 4.65. The summed E-state index contributed by atoms with van der Waals surface area (Å²) in [5, 5.41) is 5.61. The van der Waals surface area contributed by atoms with Crippen LogP contribution < -0.4 is 10.6 Å². The fourth-order valence-electron chi connectivity index (χ4n) is 3.26. The fourth-order valence-corrected chi connectivity index (χ4v) is 3.26. The van der Waals surface area contributed by atoms with Crippen molar-refractivity contribution in [3.63, 3.8) is 0 Å². The fraction of sp³-hybridized carbons (Fsp3) is 0.632. The third kappa shape index (κ3) is 4.86. The van der Waals surface area contributed by atoms with Gasteiger partial charge in [-0.05, 0) is 24.7 Å². The van der Waals surface area contributed by atoms with Gasteiger partial charge in [0.05, 0.1) is 13.2 Å². The topological polar surface area (TPSA) is 87.7 Å². The van der Waals surface area contributed by atoms with Crippen LogP contribution in [-0.2, 0) is 14.3 Å². The number of allylic oxidation sites excluding steroid dienone is 2. The van der Waals surface area contributed by atoms with Gasteiger partial charge in [0, 0.05) is 6.54 Å². The molecule has 7 nitrogen and oxygen atoms in total. The van der Waals surface area contributed by atoms with E-state index >= 15 is 0 Å². The number of nitrogens with one attached hydrogen (secondary N) is 2. The van der Waals surface area contributed by atoms with Crippen LogP contribution in [0.5, 0.6) is 0 Å². The van der Waals surface area contributed by atoms with Crippen molar-refractivity contribution >= 4 is 17.9 Å². The Kier molecular flexibility index (Phi) is 6.45. The van der Waals surface area contributed by atoms with Gasteiger partial charge in [-0.3, -0.25) is 9.59 Å². The van der Waals surface area contributed by atoms with Gasteiger partial charge in [0.15, 0.2) is 0 Å². The SMILES string of the molecule is COC(=O)N[C@H](C(=O)N1CCC[C@H]1C(=O)N[C@@H]1C=CC=CC1)C(C)(C)C. The Labute approximate surface area is 154 Å². The highest BCUT2D eigenvalue weighted by molar-refractivity contribution is 5.92. The summed E-state index contributed by atoms with van der Waals surface area (Å²) in [5.41, 5.74) is -0.508. The first-order chi connectivity index (χ1) is 12.2. The van der Waals surface area contributed by atoms with Crippen LogP contribution in [-0.4, -0.2) is 54.6 Å². The Morgan fingerprint density at radius 3 is 2.54 bits per heavy atom. The van der Waals surface area contributed by atoms with E-state index in [2.05, 4.69) is 15.4 Å². The predicted molar refractivity (Wildman–Crippen MR) is 98.3 cm³/mol. The number of methoxy groups -OCH3 is 1. The summed E-state index contributed by atoms with van der Waals surface area (Å²) in [6.07, 6.45) is 9.27. The third-order valence-corrected chi connectivity index (χ3v) is 4.71. The van der Waals surface area contributed by atoms with Gasteiger partial charge in [0.25, 0.3) is 0 Å². The number of carbonyl (C=O) groups excluding carboxylic acids is 3. The Balaban J connectivity index is 2.09. The van der Waals surface area contributed by atoms with Gasteiger partial charge in [-0.15, -0.1) is 0 Å². The van der Waals surface area contributed by atoms with E-state index < -0.39 is 23.6 Å². The number of alkyl carbamates (subject to hydrolysis) is 1. The normalized spacial score (nSPS) is 23.5. The van der Waals surface area contributed by atoms with Gasteiger partial charge in [-0.2, -0.15) is 0 Å². The van der Waals surface area contributed by atoms with E-state index in [1.807, 2.05) is 45.1 Å². The highest BCUT2D eigenvalue weighted by atomic mass is 16.5. The van der Waals surface area contributed by atoms with Crippen LogP contribution in [0.3, 0.4) is 0 Å². The molecule has 0 aromatic carbocycles. The lowest BCUT2D eigenvalue weighted by Crippen LogP contribution is -2.58. The number of nitrogens with zero attached hydrogens (tertiary/aromatic N) is 1. The molecule has 1 aliphatic carbocycles. The number of rotatable bonds is 4. The molecule has 0 saturated carbocycles. The zero-order valence-electron chi connectivity index (χ0n) is 16.0. The minimum Gasteiger partial charge on any atom is -0.453 e. The number of carbonyl (C=O) groups is 3. The first-order valence-corrected chi connectivity index (χ1v) is 9.02. The number of amides is 3. The summed E-state index contributed by atoms with van der Waals surface area (Å²) in [6.45, 7) is 6.12. The van der Waals surface area contributed by atoms with E-state index in [9.17, 15) is 14.4 Å². The lowest BCUT2D eigenvalue weighted by molar-refractivity contribution is -0.142. The maximum Gasteiger partial charge on any atom is 0.407 e. The second-order valence-electron chi connectivity index (χ2n) is 7.79. The molecule has 0 aromatic rings. The van der Waals surface area contributed by atoms with Gasteiger partial charge in [0.2, 0.25) is 11.8 Å². The van der Waals surface area contributed by atoms with Crippen molar-refractivity contribution < 1.29 is 19.1 Å². The summed E-state index contributed by atoms with van der Waals surface area (Å²) >= 11 is 0. The largest absolute Gasteiger partial charge is 0.453 e. The van der Waals surface area contributed by atoms with Crippen molar-refractivity contribution in [1.29, 1.82) is 0 Å². The first-order valence-electron chi connectivity index (χ1n) is 9.02. The monoisotopic (exact) mass is 363 g/mol. The molecule has 144 valence electrons. The maximum absolute atomic E-state index is 13.1. The number of hydrogen-bond acceptors (Lipinski definition) is 4. The quantitative estimate of drug-likeness (QED) is 0.796. The molecule has 3 amide bonds. The number of ether oxygens (including phenoxy) is 1. The lowest BCUT2D eigenvalue weighted by atomic mass is 9.85. The third-order valence-electron chi connectivity index (χ3n) is 4.71. The molecule has 1 fully saturated rings. The average Bonchev–Trinajstić information content (AvgIpc) is 3.08. The Bertz CT molecular complexity index is 606. The predicted octanol–water partition coefficient (Wildman–Crippen LogP) is 1.75. The Morgan fingerprint density at radius 1 is 1.23 bits per heavy atom. The standard InChI is InChI=1S/C19H29N3O4/c1-19(2,3)15(21-18(25)26-4)17(24)22-12-8-11-14(22)16(23)20-13-9-6-5-7-10-13/h5-7,9,13-15H,8,10-12H2,1-4H3,(H,20,23)(H,21,25)/t13-,14+,15-/m1/s1. The molecule has 7 heteroatoms. The van der Waals surface area contributed by atoms with Crippen LogP contribution in [0.15, 0.2) is 24.3 Å². The van der Waals surface area contributed by atoms with Crippen LogP contribution in [0.4, 0.5) is 4.79 Å². The molecule has 2 aliphatic rings. The van der Waals surface area contributed by atoms with Crippen molar-refractivity contribution in [2.45, 2.75) is 58.2 Å². The van der Waals surface area contributed by atoms with Crippen LogP contribution in [0.25, 0.3) is 0 Å². The molecule has 1 heterocycles. The summed E-state index contributed by atoms with van der Waals surface area (Å²) in [6, 6.07) is -1.32. The van der Waals surface area contributed by atoms with Crippen molar-refractivity contribution in [2.75, 3.05) is 13.7 Å². The van der Waals surface area contributed by atoms with Crippen molar-refractivity contribution in [1.82, 2.24) is 15.5 Å². The second kappa shape index (κ2) is 8.38. The minimum absolute atomic E-state index is 0.0448. The molecule has 0 radical (unpaired) electrons. The van der Waals surface area contributed by atoms with Crippen LogP contribution in [0, 0.1) is 5.41 Å². The van der Waals surface area contributed by atoms with Crippen LogP contribution >= 0.6 is 0 Å². The van der Waals surface area contributed by atoms with Crippen molar-refractivity contribution in [3.8, 4) is 0 Å². The molecule has 3 atom stereocenters. The number of likely N-dealkylation sites (tertiary alicyclic amines) is 1. The van der Waals surface area contributed by atoms with E-state index in [0.717, 1.165) is 12.8 Å². The molecule has 0 unspecified atom stereocenters. The molecule has 0 spiro atoms. The van der Waals surface area contributed by atoms with E-state index in [4.69, 9.17) is 0 Å². The average molecular weight is 363 g/mol. The molecule has 1 saturated heterocycles. The van der Waals surface area contributed by atoms with E-state index in [0.29, 0.717) is 13.0 Å². The van der Waals surface area contributed by atoms with Crippen LogP contribution in [0.2, 0.25) is 0 Å². The number of hydrogen-bond donors (Lipinski definition) is 2. The molecule has 0 bridgehead atoms. The molecular formula is C19H29N3O4. The zero-order chi connectivity index (χ0) is 19.3. The lowest BCUT2D eigenvalue weighted by Gasteiger charge is -2.35. The van der Waals surface area contributed by atoms with Crippen molar-refractivity contribution in [3.05, 3.63) is 24.3 Å². The highest BCUT2D eigenvalue weighted by Crippen LogP contribution is 2.26. The van der Waals surface area contributed by atoms with Gasteiger partial charge in [0.1, 0.15) is 12.1 Å².